The Hall–Kier alpha value is -2.44. The van der Waals surface area contributed by atoms with Crippen molar-refractivity contribution in [3.05, 3.63) is 46.9 Å². The SMILES string of the molecule is COCCNS(=O)(=O)/C(C#N)=C(\C)c1ccc2cc(N3CCOCC3)ccc2c1. The summed E-state index contributed by atoms with van der Waals surface area (Å²) in [4.78, 5) is 2.01. The maximum Gasteiger partial charge on any atom is 0.251 e. The molecule has 0 aliphatic carbocycles. The largest absolute Gasteiger partial charge is 0.383 e. The number of nitriles is 1. The van der Waals surface area contributed by atoms with Gasteiger partial charge in [-0.25, -0.2) is 13.1 Å². The summed E-state index contributed by atoms with van der Waals surface area (Å²) >= 11 is 0. The van der Waals surface area contributed by atoms with Gasteiger partial charge >= 0.3 is 0 Å². The number of nitrogens with one attached hydrogen (secondary N) is 1. The molecule has 154 valence electrons. The lowest BCUT2D eigenvalue weighted by molar-refractivity contribution is 0.122. The number of morpholine rings is 1. The van der Waals surface area contributed by atoms with Gasteiger partial charge in [0.1, 0.15) is 6.07 Å². The highest BCUT2D eigenvalue weighted by molar-refractivity contribution is 7.93. The van der Waals surface area contributed by atoms with Crippen molar-refractivity contribution in [3.8, 4) is 6.07 Å². The Morgan fingerprint density at radius 1 is 1.21 bits per heavy atom. The molecule has 1 N–H and O–H groups in total. The molecule has 0 atom stereocenters. The molecule has 1 aliphatic heterocycles. The lowest BCUT2D eigenvalue weighted by atomic mass is 10.0. The van der Waals surface area contributed by atoms with Crippen molar-refractivity contribution in [2.24, 2.45) is 0 Å². The molecule has 0 spiro atoms. The fourth-order valence-corrected chi connectivity index (χ4v) is 4.45. The van der Waals surface area contributed by atoms with Gasteiger partial charge in [-0.3, -0.25) is 0 Å². The molecular formula is C21H25N3O4S. The zero-order valence-corrected chi connectivity index (χ0v) is 17.5. The molecule has 8 heteroatoms. The van der Waals surface area contributed by atoms with Gasteiger partial charge in [-0.05, 0) is 47.0 Å². The smallest absolute Gasteiger partial charge is 0.251 e. The molecule has 2 aromatic carbocycles. The maximum absolute atomic E-state index is 12.5. The molecule has 0 amide bonds. The number of nitrogens with zero attached hydrogens (tertiary/aromatic N) is 2. The van der Waals surface area contributed by atoms with Crippen molar-refractivity contribution in [1.82, 2.24) is 4.72 Å². The van der Waals surface area contributed by atoms with Crippen LogP contribution in [0.1, 0.15) is 12.5 Å². The van der Waals surface area contributed by atoms with E-state index in [9.17, 15) is 13.7 Å². The van der Waals surface area contributed by atoms with Gasteiger partial charge in [-0.1, -0.05) is 18.2 Å². The fraction of sp³-hybridized carbons (Fsp3) is 0.381. The summed E-state index contributed by atoms with van der Waals surface area (Å²) in [6.07, 6.45) is 0. The Morgan fingerprint density at radius 3 is 2.59 bits per heavy atom. The quantitative estimate of drug-likeness (QED) is 0.552. The van der Waals surface area contributed by atoms with E-state index in [-0.39, 0.29) is 18.1 Å². The molecule has 0 radical (unpaired) electrons. The van der Waals surface area contributed by atoms with Gasteiger partial charge < -0.3 is 14.4 Å². The van der Waals surface area contributed by atoms with Crippen LogP contribution in [0.3, 0.4) is 0 Å². The minimum absolute atomic E-state index is 0.110. The number of rotatable bonds is 7. The number of hydrogen-bond donors (Lipinski definition) is 1. The summed E-state index contributed by atoms with van der Waals surface area (Å²) in [6, 6.07) is 13.8. The maximum atomic E-state index is 12.5. The normalized spacial score (nSPS) is 15.8. The highest BCUT2D eigenvalue weighted by atomic mass is 32.2. The summed E-state index contributed by atoms with van der Waals surface area (Å²) in [5.74, 6) is 0. The number of fused-ring (bicyclic) bond motifs is 1. The van der Waals surface area contributed by atoms with E-state index in [1.807, 2.05) is 30.3 Å². The zero-order valence-electron chi connectivity index (χ0n) is 16.6. The third kappa shape index (κ3) is 4.95. The van der Waals surface area contributed by atoms with E-state index in [0.717, 1.165) is 42.8 Å². The highest BCUT2D eigenvalue weighted by Gasteiger charge is 2.21. The lowest BCUT2D eigenvalue weighted by Gasteiger charge is -2.29. The third-order valence-electron chi connectivity index (χ3n) is 4.94. The first-order valence-electron chi connectivity index (χ1n) is 9.43. The molecule has 0 aromatic heterocycles. The molecule has 1 saturated heterocycles. The van der Waals surface area contributed by atoms with Crippen LogP contribution in [0.15, 0.2) is 41.3 Å². The number of ether oxygens (including phenoxy) is 2. The van der Waals surface area contributed by atoms with Gasteiger partial charge in [0.05, 0.1) is 19.8 Å². The van der Waals surface area contributed by atoms with Crippen LogP contribution < -0.4 is 9.62 Å². The number of allylic oxidation sites excluding steroid dienone is 2. The summed E-state index contributed by atoms with van der Waals surface area (Å²) < 4.78 is 37.6. The van der Waals surface area contributed by atoms with Gasteiger partial charge in [0.15, 0.2) is 4.91 Å². The van der Waals surface area contributed by atoms with Crippen LogP contribution in [0.4, 0.5) is 5.69 Å². The minimum atomic E-state index is -3.90. The van der Waals surface area contributed by atoms with Crippen molar-refractivity contribution in [2.45, 2.75) is 6.92 Å². The van der Waals surface area contributed by atoms with Crippen LogP contribution in [-0.4, -0.2) is 55.0 Å². The molecular weight excluding hydrogens is 390 g/mol. The number of methoxy groups -OCH3 is 1. The predicted octanol–water partition coefficient (Wildman–Crippen LogP) is 2.50. The van der Waals surface area contributed by atoms with Gasteiger partial charge in [0.25, 0.3) is 10.0 Å². The van der Waals surface area contributed by atoms with Crippen molar-refractivity contribution in [2.75, 3.05) is 51.5 Å². The monoisotopic (exact) mass is 415 g/mol. The third-order valence-corrected chi connectivity index (χ3v) is 6.46. The highest BCUT2D eigenvalue weighted by Crippen LogP contribution is 2.28. The Kier molecular flexibility index (Phi) is 6.87. The molecule has 7 nitrogen and oxygen atoms in total. The number of benzene rings is 2. The fourth-order valence-electron chi connectivity index (χ4n) is 3.31. The Labute approximate surface area is 171 Å². The second kappa shape index (κ2) is 9.37. The van der Waals surface area contributed by atoms with Crippen molar-refractivity contribution >= 4 is 32.1 Å². The van der Waals surface area contributed by atoms with Crippen LogP contribution in [-0.2, 0) is 19.5 Å². The topological polar surface area (TPSA) is 91.7 Å². The summed E-state index contributed by atoms with van der Waals surface area (Å²) in [6.45, 7) is 5.18. The molecule has 1 aliphatic rings. The molecule has 3 rings (SSSR count). The predicted molar refractivity (Wildman–Crippen MR) is 114 cm³/mol. The second-order valence-corrected chi connectivity index (χ2v) is 8.51. The average molecular weight is 416 g/mol. The number of sulfonamides is 1. The molecule has 0 unspecified atom stereocenters. The Bertz CT molecular complexity index is 1050. The van der Waals surface area contributed by atoms with E-state index in [4.69, 9.17) is 9.47 Å². The van der Waals surface area contributed by atoms with Crippen LogP contribution in [0.25, 0.3) is 16.3 Å². The molecule has 1 heterocycles. The first-order valence-corrected chi connectivity index (χ1v) is 10.9. The summed E-state index contributed by atoms with van der Waals surface area (Å²) in [7, 11) is -2.41. The van der Waals surface area contributed by atoms with Crippen molar-refractivity contribution in [3.63, 3.8) is 0 Å². The zero-order chi connectivity index (χ0) is 20.9. The molecule has 29 heavy (non-hydrogen) atoms. The van der Waals surface area contributed by atoms with Gasteiger partial charge in [-0.15, -0.1) is 0 Å². The minimum Gasteiger partial charge on any atom is -0.383 e. The van der Waals surface area contributed by atoms with E-state index in [1.54, 1.807) is 6.92 Å². The van der Waals surface area contributed by atoms with E-state index in [2.05, 4.69) is 21.8 Å². The van der Waals surface area contributed by atoms with E-state index < -0.39 is 10.0 Å². The second-order valence-electron chi connectivity index (χ2n) is 6.80. The first-order chi connectivity index (χ1) is 14.0. The van der Waals surface area contributed by atoms with Crippen molar-refractivity contribution < 1.29 is 17.9 Å². The first kappa shape index (κ1) is 21.3. The van der Waals surface area contributed by atoms with Crippen LogP contribution in [0, 0.1) is 11.3 Å². The van der Waals surface area contributed by atoms with Crippen LogP contribution in [0.2, 0.25) is 0 Å². The van der Waals surface area contributed by atoms with E-state index in [1.165, 1.54) is 7.11 Å². The van der Waals surface area contributed by atoms with Crippen LogP contribution in [0.5, 0.6) is 0 Å². The number of anilines is 1. The standard InChI is InChI=1S/C21H25N3O4S/c1-16(21(15-22)29(25,26)23-7-10-27-2)17-3-4-19-14-20(6-5-18(19)13-17)24-8-11-28-12-9-24/h3-6,13-14,23H,7-12H2,1-2H3/b21-16+. The summed E-state index contributed by atoms with van der Waals surface area (Å²) in [5.41, 5.74) is 2.25. The van der Waals surface area contributed by atoms with Crippen LogP contribution >= 0.6 is 0 Å². The lowest BCUT2D eigenvalue weighted by Crippen LogP contribution is -2.36. The summed E-state index contributed by atoms with van der Waals surface area (Å²) in [5, 5.41) is 11.5. The Balaban J connectivity index is 1.92. The molecule has 0 saturated carbocycles. The molecule has 1 fully saturated rings. The van der Waals surface area contributed by atoms with Gasteiger partial charge in [0, 0.05) is 32.4 Å². The van der Waals surface area contributed by atoms with Gasteiger partial charge in [0.2, 0.25) is 0 Å². The van der Waals surface area contributed by atoms with Gasteiger partial charge in [-0.2, -0.15) is 5.26 Å². The van der Waals surface area contributed by atoms with E-state index >= 15 is 0 Å². The molecule has 2 aromatic rings. The van der Waals surface area contributed by atoms with E-state index in [0.29, 0.717) is 11.1 Å². The number of hydrogen-bond acceptors (Lipinski definition) is 6. The Morgan fingerprint density at radius 2 is 1.90 bits per heavy atom. The average Bonchev–Trinajstić information content (AvgIpc) is 2.74. The molecule has 0 bridgehead atoms. The van der Waals surface area contributed by atoms with Crippen molar-refractivity contribution in [1.29, 1.82) is 5.26 Å².